The molecule has 0 N–H and O–H groups in total. The predicted octanol–water partition coefficient (Wildman–Crippen LogP) is 5.13. The first-order valence-electron chi connectivity index (χ1n) is 7.48. The molecule has 0 heterocycles. The highest BCUT2D eigenvalue weighted by atomic mass is 19.1. The van der Waals surface area contributed by atoms with Gasteiger partial charge in [0, 0.05) is 0 Å². The molecule has 3 aromatic carbocycles. The van der Waals surface area contributed by atoms with E-state index in [1.807, 2.05) is 60.7 Å². The van der Waals surface area contributed by atoms with Crippen LogP contribution in [0.15, 0.2) is 89.9 Å². The zero-order valence-corrected chi connectivity index (χ0v) is 12.6. The van der Waals surface area contributed by atoms with Gasteiger partial charge in [0.2, 0.25) is 0 Å². The molecule has 0 saturated carbocycles. The Balaban J connectivity index is 1.94. The lowest BCUT2D eigenvalue weighted by Crippen LogP contribution is -1.89. The summed E-state index contributed by atoms with van der Waals surface area (Å²) in [6.45, 7) is 0.476. The molecule has 0 unspecified atom stereocenters. The van der Waals surface area contributed by atoms with Crippen molar-refractivity contribution in [2.75, 3.05) is 0 Å². The largest absolute Gasteiger partial charge is 0.238 e. The minimum Gasteiger partial charge on any atom is -0.238 e. The molecule has 112 valence electrons. The van der Waals surface area contributed by atoms with E-state index in [1.54, 1.807) is 12.1 Å². The minimum absolute atomic E-state index is 0.234. The quantitative estimate of drug-likeness (QED) is 0.593. The van der Waals surface area contributed by atoms with E-state index in [9.17, 15) is 4.39 Å². The second-order valence-corrected chi connectivity index (χ2v) is 5.16. The second-order valence-electron chi connectivity index (χ2n) is 5.16. The van der Waals surface area contributed by atoms with Gasteiger partial charge in [-0.2, -0.15) is 0 Å². The van der Waals surface area contributed by atoms with Crippen molar-refractivity contribution in [3.63, 3.8) is 0 Å². The Hall–Kier alpha value is -2.96. The van der Waals surface area contributed by atoms with Gasteiger partial charge >= 0.3 is 0 Å². The smallest absolute Gasteiger partial charge is 0.123 e. The van der Waals surface area contributed by atoms with Crippen molar-refractivity contribution in [3.05, 3.63) is 107 Å². The van der Waals surface area contributed by atoms with Crippen LogP contribution in [0.2, 0.25) is 0 Å². The van der Waals surface area contributed by atoms with E-state index in [0.717, 1.165) is 22.3 Å². The van der Waals surface area contributed by atoms with Gasteiger partial charge in [-0.05, 0) is 34.7 Å². The molecular weight excluding hydrogens is 285 g/mol. The first-order chi connectivity index (χ1) is 11.3. The molecule has 0 radical (unpaired) electrons. The minimum atomic E-state index is -0.234. The monoisotopic (exact) mass is 301 g/mol. The molecule has 0 aliphatic rings. The molecule has 3 aromatic rings. The third-order valence-electron chi connectivity index (χ3n) is 3.49. The van der Waals surface area contributed by atoms with Crippen LogP contribution in [0.25, 0.3) is 5.57 Å². The zero-order chi connectivity index (χ0) is 15.9. The molecule has 0 fully saturated rings. The molecule has 0 bridgehead atoms. The molecule has 0 saturated heterocycles. The molecular formula is C21H16FN. The Kier molecular flexibility index (Phi) is 4.78. The van der Waals surface area contributed by atoms with Gasteiger partial charge in [-0.25, -0.2) is 9.38 Å². The maximum atomic E-state index is 12.9. The van der Waals surface area contributed by atoms with Crippen molar-refractivity contribution in [1.29, 1.82) is 0 Å². The van der Waals surface area contributed by atoms with Crippen molar-refractivity contribution >= 4 is 11.4 Å². The Bertz CT molecular complexity index is 773. The summed E-state index contributed by atoms with van der Waals surface area (Å²) < 4.78 is 12.9. The highest BCUT2D eigenvalue weighted by Crippen LogP contribution is 2.20. The van der Waals surface area contributed by atoms with Crippen LogP contribution in [0.3, 0.4) is 0 Å². The average Bonchev–Trinajstić information content (AvgIpc) is 2.62. The molecule has 0 amide bonds. The number of benzene rings is 3. The second kappa shape index (κ2) is 7.35. The van der Waals surface area contributed by atoms with Gasteiger partial charge in [0.15, 0.2) is 0 Å². The average molecular weight is 301 g/mol. The van der Waals surface area contributed by atoms with Gasteiger partial charge in [0.1, 0.15) is 5.82 Å². The van der Waals surface area contributed by atoms with E-state index in [-0.39, 0.29) is 5.82 Å². The molecule has 23 heavy (non-hydrogen) atoms. The number of rotatable bonds is 4. The number of aliphatic imine (C=N–C) groups is 1. The third kappa shape index (κ3) is 4.03. The van der Waals surface area contributed by atoms with Crippen molar-refractivity contribution in [2.24, 2.45) is 4.99 Å². The molecule has 0 spiro atoms. The molecule has 0 atom stereocenters. The van der Waals surface area contributed by atoms with Crippen molar-refractivity contribution in [2.45, 2.75) is 6.54 Å². The summed E-state index contributed by atoms with van der Waals surface area (Å²) in [5.41, 5.74) is 4.05. The van der Waals surface area contributed by atoms with Crippen molar-refractivity contribution in [1.82, 2.24) is 0 Å². The van der Waals surface area contributed by atoms with E-state index in [0.29, 0.717) is 6.54 Å². The molecule has 0 aliphatic heterocycles. The highest BCUT2D eigenvalue weighted by molar-refractivity contribution is 5.98. The topological polar surface area (TPSA) is 12.4 Å². The number of halogens is 1. The van der Waals surface area contributed by atoms with Crippen LogP contribution in [-0.4, -0.2) is 5.87 Å². The van der Waals surface area contributed by atoms with Gasteiger partial charge in [-0.3, -0.25) is 0 Å². The summed E-state index contributed by atoms with van der Waals surface area (Å²) in [5.74, 6) is 2.93. The summed E-state index contributed by atoms with van der Waals surface area (Å²) in [5, 5.41) is 0. The van der Waals surface area contributed by atoms with Gasteiger partial charge in [0.05, 0.1) is 12.1 Å². The fourth-order valence-corrected chi connectivity index (χ4v) is 2.31. The Morgan fingerprint density at radius 2 is 1.26 bits per heavy atom. The lowest BCUT2D eigenvalue weighted by Gasteiger charge is -2.04. The maximum Gasteiger partial charge on any atom is 0.123 e. The zero-order valence-electron chi connectivity index (χ0n) is 12.6. The van der Waals surface area contributed by atoms with Crippen molar-refractivity contribution < 1.29 is 4.39 Å². The number of hydrogen-bond acceptors (Lipinski definition) is 1. The van der Waals surface area contributed by atoms with E-state index >= 15 is 0 Å². The Morgan fingerprint density at radius 1 is 0.739 bits per heavy atom. The molecule has 0 aliphatic carbocycles. The molecule has 1 nitrogen and oxygen atoms in total. The van der Waals surface area contributed by atoms with Crippen molar-refractivity contribution in [3.8, 4) is 0 Å². The van der Waals surface area contributed by atoms with Gasteiger partial charge in [-0.15, -0.1) is 0 Å². The summed E-state index contributed by atoms with van der Waals surface area (Å²) >= 11 is 0. The lowest BCUT2D eigenvalue weighted by atomic mass is 9.99. The van der Waals surface area contributed by atoms with E-state index in [4.69, 9.17) is 0 Å². The molecule has 3 rings (SSSR count). The van der Waals surface area contributed by atoms with Crippen LogP contribution in [0, 0.1) is 5.82 Å². The first-order valence-corrected chi connectivity index (χ1v) is 7.48. The van der Waals surface area contributed by atoms with Crippen LogP contribution in [0.5, 0.6) is 0 Å². The van der Waals surface area contributed by atoms with Gasteiger partial charge in [0.25, 0.3) is 0 Å². The number of hydrogen-bond donors (Lipinski definition) is 0. The summed E-state index contributed by atoms with van der Waals surface area (Å²) in [6.07, 6.45) is 0. The SMILES string of the molecule is Fc1ccc(CN=C=C(c2ccccc2)c2ccccc2)cc1. The molecule has 0 aromatic heterocycles. The lowest BCUT2D eigenvalue weighted by molar-refractivity contribution is 0.627. The highest BCUT2D eigenvalue weighted by Gasteiger charge is 2.03. The fourth-order valence-electron chi connectivity index (χ4n) is 2.31. The number of nitrogens with zero attached hydrogens (tertiary/aromatic N) is 1. The summed E-state index contributed by atoms with van der Waals surface area (Å²) in [7, 11) is 0. The normalized spacial score (nSPS) is 9.96. The Labute approximate surface area is 135 Å². The maximum absolute atomic E-state index is 12.9. The first kappa shape index (κ1) is 15.0. The van der Waals surface area contributed by atoms with Crippen LogP contribution < -0.4 is 0 Å². The third-order valence-corrected chi connectivity index (χ3v) is 3.49. The predicted molar refractivity (Wildman–Crippen MR) is 92.9 cm³/mol. The van der Waals surface area contributed by atoms with Crippen LogP contribution in [0.4, 0.5) is 4.39 Å². The van der Waals surface area contributed by atoms with Crippen LogP contribution >= 0.6 is 0 Å². The summed E-state index contributed by atoms with van der Waals surface area (Å²) in [4.78, 5) is 4.41. The van der Waals surface area contributed by atoms with Gasteiger partial charge < -0.3 is 0 Å². The van der Waals surface area contributed by atoms with E-state index in [2.05, 4.69) is 10.9 Å². The van der Waals surface area contributed by atoms with Crippen LogP contribution in [0.1, 0.15) is 16.7 Å². The van der Waals surface area contributed by atoms with Gasteiger partial charge in [-0.1, -0.05) is 72.8 Å². The standard InChI is InChI=1S/C21H16FN/c22-20-13-11-17(12-14-20)15-23-16-21(18-7-3-1-4-8-18)19-9-5-2-6-10-19/h1-14H,15H2. The van der Waals surface area contributed by atoms with E-state index < -0.39 is 0 Å². The molecule has 2 heteroatoms. The summed E-state index contributed by atoms with van der Waals surface area (Å²) in [6, 6.07) is 26.5. The fraction of sp³-hybridized carbons (Fsp3) is 0.0476. The van der Waals surface area contributed by atoms with E-state index in [1.165, 1.54) is 12.1 Å². The van der Waals surface area contributed by atoms with Crippen LogP contribution in [-0.2, 0) is 6.54 Å². The Morgan fingerprint density at radius 3 is 1.78 bits per heavy atom.